The van der Waals surface area contributed by atoms with Gasteiger partial charge in [0.05, 0.1) is 6.20 Å². The van der Waals surface area contributed by atoms with Gasteiger partial charge in [0.15, 0.2) is 0 Å². The molecule has 0 atom stereocenters. The van der Waals surface area contributed by atoms with Crippen LogP contribution in [0.4, 0.5) is 5.82 Å². The van der Waals surface area contributed by atoms with E-state index in [0.29, 0.717) is 5.82 Å². The molecule has 2 heterocycles. The lowest BCUT2D eigenvalue weighted by Crippen LogP contribution is -2.24. The summed E-state index contributed by atoms with van der Waals surface area (Å²) in [5.74, 6) is 0.0767. The van der Waals surface area contributed by atoms with Crippen molar-refractivity contribution in [3.63, 3.8) is 0 Å². The van der Waals surface area contributed by atoms with Crippen molar-refractivity contribution in [2.75, 3.05) is 5.73 Å². The van der Waals surface area contributed by atoms with Crippen molar-refractivity contribution < 1.29 is 4.79 Å². The molecule has 9 nitrogen and oxygen atoms in total. The van der Waals surface area contributed by atoms with Crippen LogP contribution < -0.4 is 11.1 Å². The lowest BCUT2D eigenvalue weighted by molar-refractivity contribution is 0.0940. The van der Waals surface area contributed by atoms with E-state index in [4.69, 9.17) is 5.73 Å². The van der Waals surface area contributed by atoms with Crippen LogP contribution in [-0.4, -0.2) is 36.3 Å². The number of tetrazole rings is 1. The number of nitrogens with one attached hydrogen (secondary N) is 2. The Labute approximate surface area is 90.0 Å². The lowest BCUT2D eigenvalue weighted by Gasteiger charge is -2.01. The number of nitrogen functional groups attached to an aromatic ring is 1. The van der Waals surface area contributed by atoms with Gasteiger partial charge < -0.3 is 11.1 Å². The minimum Gasteiger partial charge on any atom is -0.384 e. The zero-order chi connectivity index (χ0) is 11.5. The monoisotopic (exact) mass is 222 g/mol. The maximum Gasteiger partial charge on any atom is 0.293 e. The Morgan fingerprint density at radius 3 is 3.06 bits per heavy atom. The molecule has 0 unspecified atom stereocenters. The number of amides is 1. The van der Waals surface area contributed by atoms with E-state index in [2.05, 4.69) is 31.0 Å². The highest BCUT2D eigenvalue weighted by Gasteiger charge is 2.11. The Kier molecular flexibility index (Phi) is 2.50. The van der Waals surface area contributed by atoms with Crippen LogP contribution in [-0.2, 0) is 13.6 Å². The molecule has 0 aliphatic rings. The van der Waals surface area contributed by atoms with Gasteiger partial charge in [0.1, 0.15) is 5.82 Å². The summed E-state index contributed by atoms with van der Waals surface area (Å²) < 4.78 is 1.52. The van der Waals surface area contributed by atoms with Crippen LogP contribution in [0.25, 0.3) is 0 Å². The van der Waals surface area contributed by atoms with Gasteiger partial charge in [-0.2, -0.15) is 10.3 Å². The number of carbonyl (C=O) groups excluding carboxylic acids is 1. The first-order valence-electron chi connectivity index (χ1n) is 4.46. The quantitative estimate of drug-likeness (QED) is 0.576. The number of rotatable bonds is 3. The second-order valence-electron chi connectivity index (χ2n) is 3.10. The third-order valence-electron chi connectivity index (χ3n) is 2.05. The SMILES string of the molecule is Cn1ncc(CNC(=O)c2nn[nH]n2)c1N. The molecule has 2 aromatic heterocycles. The second kappa shape index (κ2) is 3.96. The van der Waals surface area contributed by atoms with E-state index in [9.17, 15) is 4.79 Å². The van der Waals surface area contributed by atoms with Crippen LogP contribution in [0.2, 0.25) is 0 Å². The molecule has 0 radical (unpaired) electrons. The average molecular weight is 222 g/mol. The summed E-state index contributed by atoms with van der Waals surface area (Å²) in [5, 5.41) is 19.1. The third kappa shape index (κ3) is 1.82. The van der Waals surface area contributed by atoms with Gasteiger partial charge >= 0.3 is 0 Å². The zero-order valence-electron chi connectivity index (χ0n) is 8.51. The molecule has 0 spiro atoms. The van der Waals surface area contributed by atoms with E-state index in [-0.39, 0.29) is 12.4 Å². The topological polar surface area (TPSA) is 127 Å². The van der Waals surface area contributed by atoms with Gasteiger partial charge in [0.25, 0.3) is 11.7 Å². The highest BCUT2D eigenvalue weighted by Crippen LogP contribution is 2.08. The van der Waals surface area contributed by atoms with Gasteiger partial charge in [-0.05, 0) is 5.21 Å². The van der Waals surface area contributed by atoms with Crippen LogP contribution in [0, 0.1) is 0 Å². The average Bonchev–Trinajstić information content (AvgIpc) is 2.89. The summed E-state index contributed by atoms with van der Waals surface area (Å²) in [6.07, 6.45) is 1.59. The first kappa shape index (κ1) is 10.1. The van der Waals surface area contributed by atoms with E-state index >= 15 is 0 Å². The molecule has 4 N–H and O–H groups in total. The second-order valence-corrected chi connectivity index (χ2v) is 3.10. The van der Waals surface area contributed by atoms with Crippen molar-refractivity contribution >= 4 is 11.7 Å². The number of hydrogen-bond acceptors (Lipinski definition) is 6. The Morgan fingerprint density at radius 2 is 2.50 bits per heavy atom. The van der Waals surface area contributed by atoms with Crippen LogP contribution in [0.3, 0.4) is 0 Å². The highest BCUT2D eigenvalue weighted by molar-refractivity contribution is 5.90. The van der Waals surface area contributed by atoms with Crippen molar-refractivity contribution in [2.45, 2.75) is 6.54 Å². The molecule has 0 fully saturated rings. The van der Waals surface area contributed by atoms with Crippen molar-refractivity contribution in [1.29, 1.82) is 0 Å². The van der Waals surface area contributed by atoms with E-state index in [1.165, 1.54) is 4.68 Å². The van der Waals surface area contributed by atoms with Gasteiger partial charge in [-0.15, -0.1) is 10.2 Å². The van der Waals surface area contributed by atoms with E-state index in [0.717, 1.165) is 5.56 Å². The van der Waals surface area contributed by atoms with E-state index in [1.807, 2.05) is 0 Å². The molecule has 0 aromatic carbocycles. The molecule has 2 aromatic rings. The normalized spacial score (nSPS) is 10.3. The smallest absolute Gasteiger partial charge is 0.293 e. The molecule has 0 aliphatic carbocycles. The summed E-state index contributed by atoms with van der Waals surface area (Å²) in [6.45, 7) is 0.271. The van der Waals surface area contributed by atoms with Crippen LogP contribution in [0.5, 0.6) is 0 Å². The predicted octanol–water partition coefficient (Wildman–Crippen LogP) is -1.55. The molecule has 2 rings (SSSR count). The van der Waals surface area contributed by atoms with Crippen molar-refractivity contribution in [3.8, 4) is 0 Å². The number of aryl methyl sites for hydroxylation is 1. The summed E-state index contributed by atoms with van der Waals surface area (Å²) in [7, 11) is 1.72. The van der Waals surface area contributed by atoms with Crippen molar-refractivity contribution in [3.05, 3.63) is 17.6 Å². The molecule has 0 saturated carbocycles. The van der Waals surface area contributed by atoms with Gasteiger partial charge in [-0.3, -0.25) is 9.48 Å². The van der Waals surface area contributed by atoms with Crippen LogP contribution in [0.1, 0.15) is 16.2 Å². The lowest BCUT2D eigenvalue weighted by atomic mass is 10.3. The van der Waals surface area contributed by atoms with Gasteiger partial charge in [-0.25, -0.2) is 0 Å². The Balaban J connectivity index is 1.98. The third-order valence-corrected chi connectivity index (χ3v) is 2.05. The molecule has 84 valence electrons. The molecule has 9 heteroatoms. The zero-order valence-corrected chi connectivity index (χ0v) is 8.51. The predicted molar refractivity (Wildman–Crippen MR) is 53.0 cm³/mol. The fraction of sp³-hybridized carbons (Fsp3) is 0.286. The number of hydrogen-bond donors (Lipinski definition) is 3. The van der Waals surface area contributed by atoms with Crippen molar-refractivity contribution in [1.82, 2.24) is 35.7 Å². The summed E-state index contributed by atoms with van der Waals surface area (Å²) in [5.41, 5.74) is 6.44. The fourth-order valence-electron chi connectivity index (χ4n) is 1.14. The first-order valence-corrected chi connectivity index (χ1v) is 4.46. The molecular formula is C7H10N8O. The van der Waals surface area contributed by atoms with E-state index < -0.39 is 5.91 Å². The standard InChI is InChI=1S/C7H10N8O/c1-15-5(8)4(3-10-15)2-9-7(16)6-11-13-14-12-6/h3H,2,8H2,1H3,(H,9,16)(H,11,12,13,14). The van der Waals surface area contributed by atoms with Crippen LogP contribution >= 0.6 is 0 Å². The largest absolute Gasteiger partial charge is 0.384 e. The first-order chi connectivity index (χ1) is 7.68. The summed E-state index contributed by atoms with van der Waals surface area (Å²) in [6, 6.07) is 0. The fourth-order valence-corrected chi connectivity index (χ4v) is 1.14. The maximum atomic E-state index is 11.4. The number of aromatic amines is 1. The number of H-pyrrole nitrogens is 1. The number of nitrogens with two attached hydrogens (primary N) is 1. The van der Waals surface area contributed by atoms with E-state index in [1.54, 1.807) is 13.2 Å². The summed E-state index contributed by atoms with van der Waals surface area (Å²) >= 11 is 0. The van der Waals surface area contributed by atoms with Crippen molar-refractivity contribution in [2.24, 2.45) is 7.05 Å². The molecule has 16 heavy (non-hydrogen) atoms. The number of aromatic nitrogens is 6. The minimum atomic E-state index is -0.419. The Hall–Kier alpha value is -2.45. The Bertz CT molecular complexity index is 486. The summed E-state index contributed by atoms with van der Waals surface area (Å²) in [4.78, 5) is 11.4. The van der Waals surface area contributed by atoms with Gasteiger partial charge in [0.2, 0.25) is 0 Å². The maximum absolute atomic E-state index is 11.4. The van der Waals surface area contributed by atoms with Gasteiger partial charge in [-0.1, -0.05) is 0 Å². The molecular weight excluding hydrogens is 212 g/mol. The Morgan fingerprint density at radius 1 is 1.69 bits per heavy atom. The number of anilines is 1. The molecule has 0 saturated heterocycles. The molecule has 1 amide bonds. The molecule has 0 aliphatic heterocycles. The minimum absolute atomic E-state index is 0.0116. The van der Waals surface area contributed by atoms with Crippen LogP contribution in [0.15, 0.2) is 6.20 Å². The highest BCUT2D eigenvalue weighted by atomic mass is 16.2. The molecule has 0 bridgehead atoms. The van der Waals surface area contributed by atoms with Gasteiger partial charge in [0, 0.05) is 19.2 Å². The number of nitrogens with zero attached hydrogens (tertiary/aromatic N) is 5. The number of carbonyl (C=O) groups is 1.